The smallest absolute Gasteiger partial charge is 0.254 e. The number of piperazine rings is 1. The molecule has 2 aliphatic heterocycles. The molecule has 3 heterocycles. The maximum atomic E-state index is 12.2. The van der Waals surface area contributed by atoms with Crippen LogP contribution in [-0.2, 0) is 4.74 Å². The Labute approximate surface area is 142 Å². The van der Waals surface area contributed by atoms with Crippen molar-refractivity contribution in [3.05, 3.63) is 18.0 Å². The molecule has 24 heavy (non-hydrogen) atoms. The fraction of sp³-hybridized carbons (Fsp3) is 0.688. The maximum Gasteiger partial charge on any atom is 0.254 e. The van der Waals surface area contributed by atoms with Crippen molar-refractivity contribution in [2.45, 2.75) is 0 Å². The third-order valence-corrected chi connectivity index (χ3v) is 4.50. The Morgan fingerprint density at radius 2 is 1.79 bits per heavy atom. The van der Waals surface area contributed by atoms with Crippen molar-refractivity contribution in [3.8, 4) is 0 Å². The van der Waals surface area contributed by atoms with Gasteiger partial charge in [0.1, 0.15) is 0 Å². The van der Waals surface area contributed by atoms with Gasteiger partial charge in [-0.15, -0.1) is 0 Å². The molecule has 1 N–H and O–H groups in total. The lowest BCUT2D eigenvalue weighted by Crippen LogP contribution is -2.46. The van der Waals surface area contributed by atoms with Crippen LogP contribution < -0.4 is 10.2 Å². The minimum atomic E-state index is -0.113. The van der Waals surface area contributed by atoms with Crippen molar-refractivity contribution < 1.29 is 9.53 Å². The SMILES string of the molecule is CN1CCN(CCNC(=O)c2cnc(N3CCOCC3)nc2)CC1. The van der Waals surface area contributed by atoms with E-state index in [2.05, 4.69) is 37.0 Å². The lowest BCUT2D eigenvalue weighted by atomic mass is 10.3. The highest BCUT2D eigenvalue weighted by Gasteiger charge is 2.16. The second-order valence-electron chi connectivity index (χ2n) is 6.27. The second kappa shape index (κ2) is 8.36. The lowest BCUT2D eigenvalue weighted by Gasteiger charge is -2.32. The molecule has 1 amide bonds. The molecule has 0 bridgehead atoms. The van der Waals surface area contributed by atoms with Gasteiger partial charge in [0.15, 0.2) is 0 Å². The number of nitrogens with zero attached hydrogens (tertiary/aromatic N) is 5. The van der Waals surface area contributed by atoms with Crippen molar-refractivity contribution >= 4 is 11.9 Å². The van der Waals surface area contributed by atoms with E-state index in [-0.39, 0.29) is 5.91 Å². The van der Waals surface area contributed by atoms with Crippen molar-refractivity contribution in [3.63, 3.8) is 0 Å². The molecule has 3 rings (SSSR count). The molecule has 132 valence electrons. The molecule has 2 aliphatic rings. The summed E-state index contributed by atoms with van der Waals surface area (Å²) in [5, 5.41) is 2.95. The molecule has 8 heteroatoms. The number of nitrogens with one attached hydrogen (secondary N) is 1. The first kappa shape index (κ1) is 17.1. The van der Waals surface area contributed by atoms with Crippen molar-refractivity contribution in [2.75, 3.05) is 77.5 Å². The summed E-state index contributed by atoms with van der Waals surface area (Å²) in [7, 11) is 2.14. The number of hydrogen-bond donors (Lipinski definition) is 1. The topological polar surface area (TPSA) is 73.8 Å². The molecular weight excluding hydrogens is 308 g/mol. The zero-order valence-electron chi connectivity index (χ0n) is 14.3. The molecule has 0 unspecified atom stereocenters. The third kappa shape index (κ3) is 4.62. The van der Waals surface area contributed by atoms with Gasteiger partial charge in [-0.1, -0.05) is 0 Å². The Bertz CT molecular complexity index is 524. The highest BCUT2D eigenvalue weighted by atomic mass is 16.5. The number of hydrogen-bond acceptors (Lipinski definition) is 7. The Hall–Kier alpha value is -1.77. The van der Waals surface area contributed by atoms with Crippen LogP contribution >= 0.6 is 0 Å². The summed E-state index contributed by atoms with van der Waals surface area (Å²) >= 11 is 0. The van der Waals surface area contributed by atoms with Gasteiger partial charge in [-0.05, 0) is 7.05 Å². The summed E-state index contributed by atoms with van der Waals surface area (Å²) in [6, 6.07) is 0. The number of amides is 1. The van der Waals surface area contributed by atoms with Gasteiger partial charge in [0, 0.05) is 64.8 Å². The zero-order chi connectivity index (χ0) is 16.8. The molecule has 0 saturated carbocycles. The zero-order valence-corrected chi connectivity index (χ0v) is 14.3. The Balaban J connectivity index is 1.43. The summed E-state index contributed by atoms with van der Waals surface area (Å²) in [4.78, 5) is 27.6. The average Bonchev–Trinajstić information content (AvgIpc) is 2.64. The van der Waals surface area contributed by atoms with E-state index in [1.807, 2.05) is 0 Å². The van der Waals surface area contributed by atoms with E-state index in [0.29, 0.717) is 31.3 Å². The van der Waals surface area contributed by atoms with Crippen LogP contribution in [0.15, 0.2) is 12.4 Å². The second-order valence-corrected chi connectivity index (χ2v) is 6.27. The van der Waals surface area contributed by atoms with E-state index in [1.54, 1.807) is 12.4 Å². The summed E-state index contributed by atoms with van der Waals surface area (Å²) in [6.07, 6.45) is 3.20. The number of carbonyl (C=O) groups is 1. The summed E-state index contributed by atoms with van der Waals surface area (Å²) < 4.78 is 5.32. The summed E-state index contributed by atoms with van der Waals surface area (Å²) in [5.74, 6) is 0.546. The molecule has 0 radical (unpaired) electrons. The summed E-state index contributed by atoms with van der Waals surface area (Å²) in [5.41, 5.74) is 0.505. The predicted octanol–water partition coefficient (Wildman–Crippen LogP) is -0.710. The van der Waals surface area contributed by atoms with Crippen molar-refractivity contribution in [1.29, 1.82) is 0 Å². The lowest BCUT2D eigenvalue weighted by molar-refractivity contribution is 0.0940. The van der Waals surface area contributed by atoms with Crippen molar-refractivity contribution in [2.24, 2.45) is 0 Å². The fourth-order valence-electron chi connectivity index (χ4n) is 2.87. The summed E-state index contributed by atoms with van der Waals surface area (Å²) in [6.45, 7) is 8.78. The molecule has 2 fully saturated rings. The molecule has 0 aliphatic carbocycles. The van der Waals surface area contributed by atoms with Gasteiger partial charge in [0.2, 0.25) is 5.95 Å². The number of morpholine rings is 1. The van der Waals surface area contributed by atoms with Crippen molar-refractivity contribution in [1.82, 2.24) is 25.1 Å². The fourth-order valence-corrected chi connectivity index (χ4v) is 2.87. The molecule has 0 spiro atoms. The van der Waals surface area contributed by atoms with Gasteiger partial charge >= 0.3 is 0 Å². The van der Waals surface area contributed by atoms with Gasteiger partial charge < -0.3 is 19.9 Å². The molecule has 0 atom stereocenters. The quantitative estimate of drug-likeness (QED) is 0.762. The first-order valence-electron chi connectivity index (χ1n) is 8.56. The number of carbonyl (C=O) groups excluding carboxylic acids is 1. The van der Waals surface area contributed by atoms with Gasteiger partial charge in [0.05, 0.1) is 18.8 Å². The van der Waals surface area contributed by atoms with E-state index in [0.717, 1.165) is 45.8 Å². The van der Waals surface area contributed by atoms with Gasteiger partial charge in [0.25, 0.3) is 5.91 Å². The number of ether oxygens (including phenoxy) is 1. The van der Waals surface area contributed by atoms with Gasteiger partial charge in [-0.2, -0.15) is 0 Å². The maximum absolute atomic E-state index is 12.2. The average molecular weight is 334 g/mol. The van der Waals surface area contributed by atoms with Crippen LogP contribution in [-0.4, -0.2) is 98.3 Å². The standard InChI is InChI=1S/C16H26N6O2/c1-20-4-6-21(7-5-20)3-2-17-15(23)14-12-18-16(19-13-14)22-8-10-24-11-9-22/h12-13H,2-11H2,1H3,(H,17,23). The van der Waals surface area contributed by atoms with E-state index in [1.165, 1.54) is 0 Å². The Kier molecular flexibility index (Phi) is 5.95. The molecular formula is C16H26N6O2. The number of aromatic nitrogens is 2. The van der Waals surface area contributed by atoms with Gasteiger partial charge in [-0.3, -0.25) is 9.69 Å². The predicted molar refractivity (Wildman–Crippen MR) is 91.3 cm³/mol. The molecule has 0 aromatic carbocycles. The van der Waals surface area contributed by atoms with Crippen LogP contribution in [0.1, 0.15) is 10.4 Å². The van der Waals surface area contributed by atoms with Crippen LogP contribution in [0.3, 0.4) is 0 Å². The first-order chi connectivity index (χ1) is 11.7. The van der Waals surface area contributed by atoms with E-state index in [4.69, 9.17) is 4.74 Å². The largest absolute Gasteiger partial charge is 0.378 e. The Morgan fingerprint density at radius 1 is 1.12 bits per heavy atom. The first-order valence-corrected chi connectivity index (χ1v) is 8.56. The number of rotatable bonds is 5. The van der Waals surface area contributed by atoms with E-state index < -0.39 is 0 Å². The minimum Gasteiger partial charge on any atom is -0.378 e. The number of anilines is 1. The van der Waals surface area contributed by atoms with Crippen LogP contribution in [0, 0.1) is 0 Å². The van der Waals surface area contributed by atoms with Gasteiger partial charge in [-0.25, -0.2) is 9.97 Å². The van der Waals surface area contributed by atoms with Crippen LogP contribution in [0.2, 0.25) is 0 Å². The molecule has 1 aromatic heterocycles. The normalized spacial score (nSPS) is 20.1. The number of likely N-dealkylation sites (N-methyl/N-ethyl adjacent to an activating group) is 1. The molecule has 2 saturated heterocycles. The molecule has 1 aromatic rings. The van der Waals surface area contributed by atoms with E-state index >= 15 is 0 Å². The third-order valence-electron chi connectivity index (χ3n) is 4.50. The minimum absolute atomic E-state index is 0.113. The molecule has 8 nitrogen and oxygen atoms in total. The van der Waals surface area contributed by atoms with Crippen LogP contribution in [0.5, 0.6) is 0 Å². The van der Waals surface area contributed by atoms with Crippen LogP contribution in [0.25, 0.3) is 0 Å². The highest BCUT2D eigenvalue weighted by molar-refractivity contribution is 5.93. The van der Waals surface area contributed by atoms with E-state index in [9.17, 15) is 4.79 Å². The Morgan fingerprint density at radius 3 is 2.46 bits per heavy atom. The highest BCUT2D eigenvalue weighted by Crippen LogP contribution is 2.09. The van der Waals surface area contributed by atoms with Crippen LogP contribution in [0.4, 0.5) is 5.95 Å². The monoisotopic (exact) mass is 334 g/mol.